The third kappa shape index (κ3) is 1.52. The van der Waals surface area contributed by atoms with Crippen molar-refractivity contribution in [2.75, 3.05) is 0 Å². The molecule has 0 saturated heterocycles. The van der Waals surface area contributed by atoms with Crippen LogP contribution < -0.4 is 0 Å². The molecule has 0 fully saturated rings. The summed E-state index contributed by atoms with van der Waals surface area (Å²) in [5.74, 6) is 0. The first-order valence-electron chi connectivity index (χ1n) is 6.74. The second kappa shape index (κ2) is 4.17. The van der Waals surface area contributed by atoms with Crippen molar-refractivity contribution in [3.8, 4) is 0 Å². The monoisotopic (exact) mass is 262 g/mol. The number of benzene rings is 2. The zero-order chi connectivity index (χ0) is 13.7. The Morgan fingerprint density at radius 1 is 0.600 bits per heavy atom. The largest absolute Gasteiger partial charge is 0.384 e. The minimum Gasteiger partial charge on any atom is -0.384 e. The summed E-state index contributed by atoms with van der Waals surface area (Å²) in [6, 6.07) is 15.8. The number of aliphatic hydroxyl groups excluding tert-OH is 2. The van der Waals surface area contributed by atoms with Crippen LogP contribution in [0.2, 0.25) is 0 Å². The van der Waals surface area contributed by atoms with Crippen molar-refractivity contribution in [3.63, 3.8) is 0 Å². The van der Waals surface area contributed by atoms with Crippen LogP contribution in [0.5, 0.6) is 0 Å². The van der Waals surface area contributed by atoms with Gasteiger partial charge in [-0.15, -0.1) is 0 Å². The summed E-state index contributed by atoms with van der Waals surface area (Å²) in [6.45, 7) is 0. The lowest BCUT2D eigenvalue weighted by Gasteiger charge is -2.09. The molecule has 2 aliphatic rings. The molecule has 0 radical (unpaired) electrons. The van der Waals surface area contributed by atoms with Crippen LogP contribution in [-0.4, -0.2) is 10.2 Å². The summed E-state index contributed by atoms with van der Waals surface area (Å²) >= 11 is 0. The van der Waals surface area contributed by atoms with Crippen molar-refractivity contribution >= 4 is 11.1 Å². The molecule has 4 rings (SSSR count). The third-order valence-corrected chi connectivity index (χ3v) is 4.08. The fraction of sp³-hybridized carbons (Fsp3) is 0.111. The van der Waals surface area contributed by atoms with Gasteiger partial charge in [0.15, 0.2) is 0 Å². The lowest BCUT2D eigenvalue weighted by molar-refractivity contribution is 0.231. The summed E-state index contributed by atoms with van der Waals surface area (Å²) in [4.78, 5) is 0. The van der Waals surface area contributed by atoms with Gasteiger partial charge >= 0.3 is 0 Å². The molecule has 0 heterocycles. The van der Waals surface area contributed by atoms with E-state index < -0.39 is 12.2 Å². The minimum atomic E-state index is -0.563. The number of fused-ring (bicyclic) bond motifs is 2. The van der Waals surface area contributed by atoms with E-state index in [2.05, 4.69) is 0 Å². The maximum atomic E-state index is 10.2. The summed E-state index contributed by atoms with van der Waals surface area (Å²) in [5, 5.41) is 20.3. The predicted molar refractivity (Wildman–Crippen MR) is 78.8 cm³/mol. The van der Waals surface area contributed by atoms with Crippen LogP contribution in [0.3, 0.4) is 0 Å². The Bertz CT molecular complexity index is 690. The highest BCUT2D eigenvalue weighted by Gasteiger charge is 2.29. The van der Waals surface area contributed by atoms with Gasteiger partial charge in [0.1, 0.15) is 0 Å². The maximum Gasteiger partial charge on any atom is 0.0986 e. The van der Waals surface area contributed by atoms with Crippen LogP contribution >= 0.6 is 0 Å². The molecule has 0 aliphatic heterocycles. The van der Waals surface area contributed by atoms with E-state index in [0.717, 1.165) is 33.4 Å². The van der Waals surface area contributed by atoms with Gasteiger partial charge in [0, 0.05) is 0 Å². The Kier molecular flexibility index (Phi) is 2.43. The molecule has 2 aliphatic carbocycles. The molecular formula is C18H14O2. The van der Waals surface area contributed by atoms with Gasteiger partial charge in [-0.3, -0.25) is 0 Å². The first-order valence-corrected chi connectivity index (χ1v) is 6.74. The number of allylic oxidation sites excluding steroid dienone is 2. The van der Waals surface area contributed by atoms with E-state index in [0.29, 0.717) is 0 Å². The molecule has 98 valence electrons. The zero-order valence-electron chi connectivity index (χ0n) is 10.8. The van der Waals surface area contributed by atoms with Gasteiger partial charge < -0.3 is 10.2 Å². The molecule has 0 aromatic heterocycles. The highest BCUT2D eigenvalue weighted by atomic mass is 16.3. The standard InChI is InChI=1S/C18H14O2/c19-17-9-15(11-5-1-3-7-13(11)17)16-10-18(20)14-8-4-2-6-12(14)16/h1-10,17-20H. The van der Waals surface area contributed by atoms with E-state index in [9.17, 15) is 10.2 Å². The Hall–Kier alpha value is -2.16. The van der Waals surface area contributed by atoms with Gasteiger partial charge in [-0.25, -0.2) is 0 Å². The van der Waals surface area contributed by atoms with E-state index in [4.69, 9.17) is 0 Å². The zero-order valence-corrected chi connectivity index (χ0v) is 10.8. The average molecular weight is 262 g/mol. The number of hydrogen-bond donors (Lipinski definition) is 2. The molecular weight excluding hydrogens is 248 g/mol. The molecule has 2 N–H and O–H groups in total. The molecule has 2 aromatic rings. The molecule has 0 saturated carbocycles. The van der Waals surface area contributed by atoms with Gasteiger partial charge in [0.2, 0.25) is 0 Å². The second-order valence-electron chi connectivity index (χ2n) is 5.22. The Morgan fingerprint density at radius 3 is 1.45 bits per heavy atom. The van der Waals surface area contributed by atoms with Crippen molar-refractivity contribution < 1.29 is 10.2 Å². The van der Waals surface area contributed by atoms with Gasteiger partial charge in [-0.2, -0.15) is 0 Å². The quantitative estimate of drug-likeness (QED) is 0.828. The van der Waals surface area contributed by atoms with Crippen LogP contribution in [0.4, 0.5) is 0 Å². The van der Waals surface area contributed by atoms with Gasteiger partial charge in [-0.05, 0) is 45.6 Å². The fourth-order valence-electron chi connectivity index (χ4n) is 3.14. The molecule has 0 spiro atoms. The van der Waals surface area contributed by atoms with Crippen molar-refractivity contribution in [1.82, 2.24) is 0 Å². The molecule has 2 nitrogen and oxygen atoms in total. The van der Waals surface area contributed by atoms with E-state index in [1.807, 2.05) is 60.7 Å². The Balaban J connectivity index is 1.89. The lowest BCUT2D eigenvalue weighted by atomic mass is 9.95. The molecule has 20 heavy (non-hydrogen) atoms. The summed E-state index contributed by atoms with van der Waals surface area (Å²) < 4.78 is 0. The molecule has 2 atom stereocenters. The normalized spacial score (nSPS) is 23.1. The highest BCUT2D eigenvalue weighted by molar-refractivity contribution is 6.09. The van der Waals surface area contributed by atoms with Crippen LogP contribution in [0, 0.1) is 0 Å². The Morgan fingerprint density at radius 2 is 1.00 bits per heavy atom. The minimum absolute atomic E-state index is 0.563. The smallest absolute Gasteiger partial charge is 0.0986 e. The first kappa shape index (κ1) is 11.6. The highest BCUT2D eigenvalue weighted by Crippen LogP contribution is 2.46. The van der Waals surface area contributed by atoms with Crippen LogP contribution in [-0.2, 0) is 0 Å². The van der Waals surface area contributed by atoms with E-state index in [1.165, 1.54) is 0 Å². The topological polar surface area (TPSA) is 40.5 Å². The summed E-state index contributed by atoms with van der Waals surface area (Å²) in [5.41, 5.74) is 5.99. The fourth-order valence-corrected chi connectivity index (χ4v) is 3.14. The van der Waals surface area contributed by atoms with E-state index in [-0.39, 0.29) is 0 Å². The van der Waals surface area contributed by atoms with Gasteiger partial charge in [-0.1, -0.05) is 48.5 Å². The van der Waals surface area contributed by atoms with E-state index >= 15 is 0 Å². The van der Waals surface area contributed by atoms with Crippen LogP contribution in [0.25, 0.3) is 11.1 Å². The number of rotatable bonds is 1. The lowest BCUT2D eigenvalue weighted by Crippen LogP contribution is -1.90. The second-order valence-corrected chi connectivity index (χ2v) is 5.22. The number of hydrogen-bond acceptors (Lipinski definition) is 2. The summed E-state index contributed by atoms with van der Waals surface area (Å²) in [6.07, 6.45) is 2.61. The van der Waals surface area contributed by atoms with Crippen LogP contribution in [0.1, 0.15) is 34.5 Å². The third-order valence-electron chi connectivity index (χ3n) is 4.08. The van der Waals surface area contributed by atoms with Crippen molar-refractivity contribution in [1.29, 1.82) is 0 Å². The Labute approximate surface area is 117 Å². The molecule has 2 aromatic carbocycles. The van der Waals surface area contributed by atoms with Crippen molar-refractivity contribution in [2.24, 2.45) is 0 Å². The number of aliphatic hydroxyl groups is 2. The maximum absolute atomic E-state index is 10.2. The van der Waals surface area contributed by atoms with Crippen LogP contribution in [0.15, 0.2) is 60.7 Å². The SMILES string of the molecule is OC1C=C(C2=CC(O)c3ccccc32)c2ccccc21. The first-order chi connectivity index (χ1) is 9.75. The molecule has 2 heteroatoms. The average Bonchev–Trinajstić information content (AvgIpc) is 2.99. The van der Waals surface area contributed by atoms with Crippen molar-refractivity contribution in [2.45, 2.75) is 12.2 Å². The van der Waals surface area contributed by atoms with E-state index in [1.54, 1.807) is 0 Å². The summed E-state index contributed by atoms with van der Waals surface area (Å²) in [7, 11) is 0. The molecule has 0 amide bonds. The van der Waals surface area contributed by atoms with Gasteiger partial charge in [0.25, 0.3) is 0 Å². The molecule has 2 unspecified atom stereocenters. The predicted octanol–water partition coefficient (Wildman–Crippen LogP) is 3.25. The van der Waals surface area contributed by atoms with Crippen molar-refractivity contribution in [3.05, 3.63) is 82.9 Å². The molecule has 0 bridgehead atoms. The van der Waals surface area contributed by atoms with Gasteiger partial charge in [0.05, 0.1) is 12.2 Å².